The van der Waals surface area contributed by atoms with Crippen LogP contribution >= 0.6 is 0 Å². The standard InChI is InChI=1S/2Pb.2Zn/q;;2*+2. The third-order valence-electron chi connectivity index (χ3n) is 0. The minimum absolute atomic E-state index is 0. The molecule has 0 atom stereocenters. The molecular formula is Pb2Zn2+4. The first-order valence-corrected chi connectivity index (χ1v) is 0. The Balaban J connectivity index is 0. The summed E-state index contributed by atoms with van der Waals surface area (Å²) in [5.74, 6) is 0. The van der Waals surface area contributed by atoms with Crippen LogP contribution in [0.25, 0.3) is 0 Å². The molecule has 0 saturated carbocycles. The fourth-order valence-electron chi connectivity index (χ4n) is 0. The van der Waals surface area contributed by atoms with Gasteiger partial charge in [0.1, 0.15) is 0 Å². The van der Waals surface area contributed by atoms with Crippen LogP contribution in [0.3, 0.4) is 0 Å². The second kappa shape index (κ2) is 16.5. The Kier molecular flexibility index (Phi) is 114. The molecule has 4 heteroatoms. The normalized spacial score (nSPS) is 0. The fraction of sp³-hybridized carbons (Fsp3) is 0. The Morgan fingerprint density at radius 1 is 0.500 bits per heavy atom. The first-order valence-electron chi connectivity index (χ1n) is 0. The summed E-state index contributed by atoms with van der Waals surface area (Å²) in [5.41, 5.74) is 0. The first kappa shape index (κ1) is 27.5. The summed E-state index contributed by atoms with van der Waals surface area (Å²) in [7, 11) is 0. The first-order chi connectivity index (χ1) is 0. The topological polar surface area (TPSA) is 0 Å². The van der Waals surface area contributed by atoms with Gasteiger partial charge < -0.3 is 0 Å². The third-order valence-corrected chi connectivity index (χ3v) is 0. The molecule has 0 aromatic rings. The van der Waals surface area contributed by atoms with E-state index in [1.54, 1.807) is 0 Å². The van der Waals surface area contributed by atoms with Crippen LogP contribution in [0.15, 0.2) is 0 Å². The minimum Gasteiger partial charge on any atom is 0 e. The van der Waals surface area contributed by atoms with Crippen LogP contribution in [0.2, 0.25) is 0 Å². The molecule has 0 saturated heterocycles. The average molecular weight is 545 g/mol. The average Bonchev–Trinajstić information content (AvgIpc) is 0. The Morgan fingerprint density at radius 3 is 0.500 bits per heavy atom. The SMILES string of the molecule is [Pb].[Pb].[Zn+2].[Zn+2]. The van der Waals surface area contributed by atoms with Gasteiger partial charge in [-0.15, -0.1) is 0 Å². The third kappa shape index (κ3) is 8.92. The second-order valence-corrected chi connectivity index (χ2v) is 0. The molecule has 0 spiro atoms. The van der Waals surface area contributed by atoms with Gasteiger partial charge in [-0.1, -0.05) is 0 Å². The molecule has 0 aliphatic rings. The Labute approximate surface area is 91.7 Å². The molecular weight excluding hydrogens is 545 g/mol. The van der Waals surface area contributed by atoms with E-state index < -0.39 is 0 Å². The van der Waals surface area contributed by atoms with Crippen LogP contribution in [0.4, 0.5) is 0 Å². The van der Waals surface area contributed by atoms with Gasteiger partial charge in [-0.3, -0.25) is 0 Å². The predicted molar refractivity (Wildman–Crippen MR) is 11.5 cm³/mol. The zero-order chi connectivity index (χ0) is 0. The maximum absolute atomic E-state index is 0. The molecule has 0 N–H and O–H groups in total. The van der Waals surface area contributed by atoms with E-state index in [-0.39, 0.29) is 93.6 Å². The fourth-order valence-corrected chi connectivity index (χ4v) is 0. The second-order valence-electron chi connectivity index (χ2n) is 0. The van der Waals surface area contributed by atoms with Crippen molar-refractivity contribution in [2.75, 3.05) is 0 Å². The zero-order valence-corrected chi connectivity index (χ0v) is 16.1. The molecule has 0 bridgehead atoms. The molecule has 0 heterocycles. The van der Waals surface area contributed by atoms with Crippen molar-refractivity contribution in [3.63, 3.8) is 0 Å². The summed E-state index contributed by atoms with van der Waals surface area (Å²) in [6, 6.07) is 0. The summed E-state index contributed by atoms with van der Waals surface area (Å²) >= 11 is 0. The van der Waals surface area contributed by atoms with Crippen molar-refractivity contribution in [1.29, 1.82) is 0 Å². The quantitative estimate of drug-likeness (QED) is 0.352. The molecule has 0 unspecified atom stereocenters. The Bertz CT molecular complexity index is 4.00. The van der Waals surface area contributed by atoms with E-state index in [1.165, 1.54) is 0 Å². The van der Waals surface area contributed by atoms with E-state index in [0.29, 0.717) is 0 Å². The number of rotatable bonds is 0. The predicted octanol–water partition coefficient (Wildman–Crippen LogP) is -0.767. The van der Waals surface area contributed by atoms with E-state index in [4.69, 9.17) is 0 Å². The van der Waals surface area contributed by atoms with Crippen molar-refractivity contribution in [3.05, 3.63) is 0 Å². The summed E-state index contributed by atoms with van der Waals surface area (Å²) < 4.78 is 0. The summed E-state index contributed by atoms with van der Waals surface area (Å²) in [5, 5.41) is 0. The van der Waals surface area contributed by atoms with Crippen LogP contribution in [0.5, 0.6) is 0 Å². The van der Waals surface area contributed by atoms with Crippen molar-refractivity contribution < 1.29 is 39.0 Å². The summed E-state index contributed by atoms with van der Waals surface area (Å²) in [4.78, 5) is 0. The van der Waals surface area contributed by atoms with Crippen LogP contribution in [0, 0.1) is 0 Å². The van der Waals surface area contributed by atoms with E-state index in [0.717, 1.165) is 0 Å². The van der Waals surface area contributed by atoms with E-state index >= 15 is 0 Å². The van der Waals surface area contributed by atoms with Crippen LogP contribution in [0.1, 0.15) is 0 Å². The van der Waals surface area contributed by atoms with Gasteiger partial charge in [0.2, 0.25) is 0 Å². The summed E-state index contributed by atoms with van der Waals surface area (Å²) in [6.07, 6.45) is 0. The number of hydrogen-bond acceptors (Lipinski definition) is 0. The van der Waals surface area contributed by atoms with Crippen molar-refractivity contribution in [3.8, 4) is 0 Å². The van der Waals surface area contributed by atoms with Crippen LogP contribution in [-0.4, -0.2) is 54.6 Å². The molecule has 8 radical (unpaired) electrons. The van der Waals surface area contributed by atoms with Crippen molar-refractivity contribution in [1.82, 2.24) is 0 Å². The zero-order valence-electron chi connectivity index (χ0n) is 2.41. The Hall–Kier alpha value is 3.09. The summed E-state index contributed by atoms with van der Waals surface area (Å²) in [6.45, 7) is 0. The van der Waals surface area contributed by atoms with E-state index in [1.807, 2.05) is 0 Å². The van der Waals surface area contributed by atoms with Gasteiger partial charge in [0, 0.05) is 54.6 Å². The molecule has 4 heavy (non-hydrogen) atoms. The van der Waals surface area contributed by atoms with Crippen molar-refractivity contribution >= 4 is 54.6 Å². The maximum Gasteiger partial charge on any atom is 2.00 e. The molecule has 0 aromatic heterocycles. The van der Waals surface area contributed by atoms with Crippen molar-refractivity contribution in [2.24, 2.45) is 0 Å². The van der Waals surface area contributed by atoms with Gasteiger partial charge in [0.25, 0.3) is 0 Å². The smallest absolute Gasteiger partial charge is 0 e. The molecule has 8 valence electrons. The van der Waals surface area contributed by atoms with Gasteiger partial charge in [0.15, 0.2) is 0 Å². The molecule has 0 aromatic carbocycles. The van der Waals surface area contributed by atoms with Gasteiger partial charge in [-0.05, 0) is 0 Å². The molecule has 0 amide bonds. The van der Waals surface area contributed by atoms with Crippen molar-refractivity contribution in [2.45, 2.75) is 0 Å². The molecule has 0 aliphatic carbocycles. The van der Waals surface area contributed by atoms with Crippen LogP contribution < -0.4 is 0 Å². The molecule has 0 fully saturated rings. The van der Waals surface area contributed by atoms with Crippen LogP contribution in [-0.2, 0) is 39.0 Å². The van der Waals surface area contributed by atoms with Gasteiger partial charge in [-0.25, -0.2) is 0 Å². The van der Waals surface area contributed by atoms with E-state index in [2.05, 4.69) is 0 Å². The maximum atomic E-state index is 0. The molecule has 0 rings (SSSR count). The number of hydrogen-bond donors (Lipinski definition) is 0. The largest absolute Gasteiger partial charge is 2.00 e. The van der Waals surface area contributed by atoms with Gasteiger partial charge >= 0.3 is 39.0 Å². The van der Waals surface area contributed by atoms with Gasteiger partial charge in [-0.2, -0.15) is 0 Å². The monoisotopic (exact) mass is 544 g/mol. The minimum atomic E-state index is 0. The van der Waals surface area contributed by atoms with E-state index in [9.17, 15) is 0 Å². The molecule has 0 nitrogen and oxygen atoms in total. The molecule has 0 aliphatic heterocycles. The Morgan fingerprint density at radius 2 is 0.500 bits per heavy atom. The van der Waals surface area contributed by atoms with Gasteiger partial charge in [0.05, 0.1) is 0 Å².